The van der Waals surface area contributed by atoms with E-state index in [9.17, 15) is 13.2 Å². The maximum atomic E-state index is 12.2. The number of aliphatic imine (C=N–C) groups is 2. The van der Waals surface area contributed by atoms with Gasteiger partial charge in [-0.15, -0.1) is 13.2 Å². The third-order valence-electron chi connectivity index (χ3n) is 2.41. The average Bonchev–Trinajstić information content (AvgIpc) is 2.38. The van der Waals surface area contributed by atoms with E-state index in [4.69, 9.17) is 28.9 Å². The molecule has 0 aromatic heterocycles. The predicted molar refractivity (Wildman–Crippen MR) is 77.2 cm³/mol. The second-order valence-electron chi connectivity index (χ2n) is 3.90. The fraction of sp³-hybridized carbons (Fsp3) is 0.333. The molecule has 2 N–H and O–H groups in total. The summed E-state index contributed by atoms with van der Waals surface area (Å²) in [5.74, 6) is -0.694. The quantitative estimate of drug-likeness (QED) is 0.634. The van der Waals surface area contributed by atoms with E-state index in [2.05, 4.69) is 14.7 Å². The lowest BCUT2D eigenvalue weighted by atomic mass is 10.00. The first-order valence-electron chi connectivity index (χ1n) is 5.71. The van der Waals surface area contributed by atoms with E-state index in [1.165, 1.54) is 18.2 Å². The zero-order valence-electron chi connectivity index (χ0n) is 10.6. The lowest BCUT2D eigenvalue weighted by Crippen LogP contribution is -2.20. The Morgan fingerprint density at radius 1 is 1.33 bits per heavy atom. The number of nitrogens with two attached hydrogens (primary N) is 1. The van der Waals surface area contributed by atoms with Gasteiger partial charge in [0, 0.05) is 22.5 Å². The highest BCUT2D eigenvalue weighted by molar-refractivity contribution is 6.35. The van der Waals surface area contributed by atoms with Gasteiger partial charge in [0.1, 0.15) is 6.34 Å². The fourth-order valence-electron chi connectivity index (χ4n) is 1.53. The maximum Gasteiger partial charge on any atom is 0.522 e. The number of alkyl halides is 3. The Morgan fingerprint density at radius 3 is 2.62 bits per heavy atom. The van der Waals surface area contributed by atoms with Crippen LogP contribution in [0, 0.1) is 0 Å². The zero-order chi connectivity index (χ0) is 15.9. The van der Waals surface area contributed by atoms with E-state index in [1.54, 1.807) is 0 Å². The second-order valence-corrected chi connectivity index (χ2v) is 4.74. The summed E-state index contributed by atoms with van der Waals surface area (Å²) in [5, 5.41) is 0.631. The molecule has 0 aliphatic carbocycles. The SMILES string of the molecule is NC=NC=NCC(COC(F)(F)F)c1ccc(Cl)cc1Cl. The number of benzene rings is 1. The van der Waals surface area contributed by atoms with E-state index in [1.807, 2.05) is 0 Å². The highest BCUT2D eigenvalue weighted by Gasteiger charge is 2.31. The van der Waals surface area contributed by atoms with Gasteiger partial charge in [-0.2, -0.15) is 0 Å². The van der Waals surface area contributed by atoms with Crippen molar-refractivity contribution in [2.24, 2.45) is 15.7 Å². The Balaban J connectivity index is 2.89. The fourth-order valence-corrected chi connectivity index (χ4v) is 2.09. The van der Waals surface area contributed by atoms with Gasteiger partial charge in [0.05, 0.1) is 12.9 Å². The van der Waals surface area contributed by atoms with Crippen molar-refractivity contribution in [3.8, 4) is 0 Å². The van der Waals surface area contributed by atoms with E-state index < -0.39 is 18.9 Å². The number of hydrogen-bond donors (Lipinski definition) is 1. The molecule has 4 nitrogen and oxygen atoms in total. The molecule has 0 amide bonds. The normalized spacial score (nSPS) is 14.1. The van der Waals surface area contributed by atoms with Crippen LogP contribution in [0.1, 0.15) is 11.5 Å². The van der Waals surface area contributed by atoms with Crippen LogP contribution in [0.25, 0.3) is 0 Å². The number of nitrogens with zero attached hydrogens (tertiary/aromatic N) is 2. The van der Waals surface area contributed by atoms with Crippen molar-refractivity contribution in [2.45, 2.75) is 12.3 Å². The van der Waals surface area contributed by atoms with Gasteiger partial charge in [-0.05, 0) is 17.7 Å². The molecule has 0 radical (unpaired) electrons. The molecule has 0 aliphatic rings. The number of hydrogen-bond acceptors (Lipinski definition) is 2. The average molecular weight is 342 g/mol. The third-order valence-corrected chi connectivity index (χ3v) is 2.97. The van der Waals surface area contributed by atoms with Gasteiger partial charge < -0.3 is 5.73 Å². The van der Waals surface area contributed by atoms with Gasteiger partial charge in [-0.1, -0.05) is 29.3 Å². The lowest BCUT2D eigenvalue weighted by molar-refractivity contribution is -0.325. The molecule has 1 atom stereocenters. The van der Waals surface area contributed by atoms with Gasteiger partial charge in [0.2, 0.25) is 0 Å². The number of rotatable bonds is 6. The molecule has 1 aromatic carbocycles. The van der Waals surface area contributed by atoms with Crippen molar-refractivity contribution in [1.82, 2.24) is 0 Å². The van der Waals surface area contributed by atoms with Gasteiger partial charge >= 0.3 is 6.36 Å². The minimum atomic E-state index is -4.73. The molecule has 0 bridgehead atoms. The summed E-state index contributed by atoms with van der Waals surface area (Å²) in [5.41, 5.74) is 5.48. The predicted octanol–water partition coefficient (Wildman–Crippen LogP) is 3.63. The Hall–Kier alpha value is -1.31. The first-order chi connectivity index (χ1) is 9.83. The van der Waals surface area contributed by atoms with Gasteiger partial charge in [-0.3, -0.25) is 9.73 Å². The van der Waals surface area contributed by atoms with Crippen LogP contribution < -0.4 is 5.73 Å². The molecular formula is C12H12Cl2F3N3O. The van der Waals surface area contributed by atoms with Crippen LogP contribution in [0.3, 0.4) is 0 Å². The van der Waals surface area contributed by atoms with Crippen LogP contribution in [-0.4, -0.2) is 32.2 Å². The van der Waals surface area contributed by atoms with Crippen LogP contribution in [0.2, 0.25) is 10.0 Å². The minimum absolute atomic E-state index is 0.00870. The first kappa shape index (κ1) is 17.7. The van der Waals surface area contributed by atoms with Crippen LogP contribution in [0.5, 0.6) is 0 Å². The molecule has 21 heavy (non-hydrogen) atoms. The molecule has 9 heteroatoms. The summed E-state index contributed by atoms with van der Waals surface area (Å²) in [6.45, 7) is -0.608. The molecule has 0 aliphatic heterocycles. The summed E-state index contributed by atoms with van der Waals surface area (Å²) in [6, 6.07) is 4.52. The summed E-state index contributed by atoms with van der Waals surface area (Å²) >= 11 is 11.8. The first-order valence-corrected chi connectivity index (χ1v) is 6.46. The summed E-state index contributed by atoms with van der Waals surface area (Å²) in [6.07, 6.45) is -2.57. The standard InChI is InChI=1S/C12H12Cl2F3N3O/c13-9-1-2-10(11(14)3-9)8(4-19-7-20-6-18)5-21-12(15,16)17/h1-3,6-8H,4-5H2,(H2,18,19,20). The minimum Gasteiger partial charge on any atom is -0.390 e. The Kier molecular flexibility index (Phi) is 6.94. The van der Waals surface area contributed by atoms with E-state index >= 15 is 0 Å². The Bertz CT molecular complexity index is 521. The largest absolute Gasteiger partial charge is 0.522 e. The second kappa shape index (κ2) is 8.21. The van der Waals surface area contributed by atoms with Crippen LogP contribution in [0.4, 0.5) is 13.2 Å². The number of ether oxygens (including phenoxy) is 1. The number of halogens is 5. The van der Waals surface area contributed by atoms with Gasteiger partial charge in [0.25, 0.3) is 0 Å². The Morgan fingerprint density at radius 2 is 2.05 bits per heavy atom. The molecule has 116 valence electrons. The molecule has 0 heterocycles. The Labute approximate surface area is 129 Å². The molecule has 0 fully saturated rings. The van der Waals surface area contributed by atoms with E-state index in [0.717, 1.165) is 12.7 Å². The zero-order valence-corrected chi connectivity index (χ0v) is 12.2. The van der Waals surface area contributed by atoms with Crippen LogP contribution in [-0.2, 0) is 4.74 Å². The van der Waals surface area contributed by atoms with Crippen LogP contribution in [0.15, 0.2) is 28.2 Å². The van der Waals surface area contributed by atoms with Gasteiger partial charge in [0.15, 0.2) is 0 Å². The topological polar surface area (TPSA) is 60.0 Å². The van der Waals surface area contributed by atoms with Crippen LogP contribution >= 0.6 is 23.2 Å². The lowest BCUT2D eigenvalue weighted by Gasteiger charge is -2.18. The summed E-state index contributed by atoms with van der Waals surface area (Å²) in [4.78, 5) is 7.39. The van der Waals surface area contributed by atoms with E-state index in [-0.39, 0.29) is 11.6 Å². The molecule has 1 aromatic rings. The highest BCUT2D eigenvalue weighted by atomic mass is 35.5. The monoisotopic (exact) mass is 341 g/mol. The molecule has 0 spiro atoms. The van der Waals surface area contributed by atoms with Gasteiger partial charge in [-0.25, -0.2) is 4.99 Å². The molecule has 0 saturated heterocycles. The smallest absolute Gasteiger partial charge is 0.390 e. The van der Waals surface area contributed by atoms with Crippen molar-refractivity contribution < 1.29 is 17.9 Å². The molecule has 0 saturated carbocycles. The third kappa shape index (κ3) is 6.79. The summed E-state index contributed by atoms with van der Waals surface area (Å²) in [7, 11) is 0. The van der Waals surface area contributed by atoms with Crippen molar-refractivity contribution in [1.29, 1.82) is 0 Å². The summed E-state index contributed by atoms with van der Waals surface area (Å²) < 4.78 is 40.4. The molecule has 1 rings (SSSR count). The molecular weight excluding hydrogens is 330 g/mol. The van der Waals surface area contributed by atoms with Crippen molar-refractivity contribution in [3.63, 3.8) is 0 Å². The van der Waals surface area contributed by atoms with Crippen molar-refractivity contribution in [2.75, 3.05) is 13.2 Å². The van der Waals surface area contributed by atoms with Crippen molar-refractivity contribution >= 4 is 35.9 Å². The van der Waals surface area contributed by atoms with Crippen molar-refractivity contribution in [3.05, 3.63) is 33.8 Å². The highest BCUT2D eigenvalue weighted by Crippen LogP contribution is 2.30. The van der Waals surface area contributed by atoms with E-state index in [0.29, 0.717) is 10.6 Å². The molecule has 1 unspecified atom stereocenters. The maximum absolute atomic E-state index is 12.2.